The van der Waals surface area contributed by atoms with Crippen molar-refractivity contribution in [3.63, 3.8) is 0 Å². The molecule has 5 nitrogen and oxygen atoms in total. The molecule has 0 unspecified atom stereocenters. The molecule has 0 radical (unpaired) electrons. The molecule has 0 fully saturated rings. The zero-order chi connectivity index (χ0) is 12.7. The third-order valence-corrected chi connectivity index (χ3v) is 2.87. The number of rotatable bonds is 1. The summed E-state index contributed by atoms with van der Waals surface area (Å²) in [5.41, 5.74) is 2.48. The fraction of sp³-hybridized carbons (Fsp3) is 0.0769. The number of hydrogen-bond acceptors (Lipinski definition) is 3. The van der Waals surface area contributed by atoms with Gasteiger partial charge in [-0.3, -0.25) is 0 Å². The monoisotopic (exact) mass is 241 g/mol. The van der Waals surface area contributed by atoms with Crippen molar-refractivity contribution in [1.29, 1.82) is 0 Å². The van der Waals surface area contributed by atoms with E-state index in [1.54, 1.807) is 43.3 Å². The van der Waals surface area contributed by atoms with E-state index in [2.05, 4.69) is 5.10 Å². The number of nitrogens with zero attached hydrogens (tertiary/aromatic N) is 3. The Bertz CT molecular complexity index is 734. The van der Waals surface area contributed by atoms with Gasteiger partial charge >= 0.3 is 0 Å². The highest BCUT2D eigenvalue weighted by atomic mass is 16.5. The molecule has 3 rings (SSSR count). The van der Waals surface area contributed by atoms with Crippen molar-refractivity contribution < 1.29 is 9.95 Å². The van der Waals surface area contributed by atoms with E-state index in [0.29, 0.717) is 22.3 Å². The molecule has 18 heavy (non-hydrogen) atoms. The van der Waals surface area contributed by atoms with Gasteiger partial charge in [-0.2, -0.15) is 0 Å². The maximum atomic E-state index is 12.1. The molecule has 5 heteroatoms. The normalized spacial score (nSPS) is 10.9. The Hall–Kier alpha value is -2.56. The van der Waals surface area contributed by atoms with Crippen LogP contribution in [0.25, 0.3) is 16.7 Å². The fourth-order valence-electron chi connectivity index (χ4n) is 1.88. The minimum absolute atomic E-state index is 0.202. The Labute approximate surface area is 103 Å². The lowest BCUT2D eigenvalue weighted by molar-refractivity contribution is -0.664. The van der Waals surface area contributed by atoms with Crippen molar-refractivity contribution >= 4 is 11.0 Å². The number of aromatic hydroxyl groups is 1. The highest BCUT2D eigenvalue weighted by Gasteiger charge is 2.15. The van der Waals surface area contributed by atoms with Crippen molar-refractivity contribution in [1.82, 2.24) is 9.90 Å². The van der Waals surface area contributed by atoms with Gasteiger partial charge in [-0.05, 0) is 47.6 Å². The van der Waals surface area contributed by atoms with Crippen molar-refractivity contribution in [2.45, 2.75) is 6.92 Å². The first kappa shape index (κ1) is 10.6. The van der Waals surface area contributed by atoms with Gasteiger partial charge < -0.3 is 10.3 Å². The molecule has 0 bridgehead atoms. The van der Waals surface area contributed by atoms with Gasteiger partial charge in [0.25, 0.3) is 0 Å². The van der Waals surface area contributed by atoms with E-state index >= 15 is 0 Å². The van der Waals surface area contributed by atoms with E-state index in [1.807, 2.05) is 6.07 Å². The van der Waals surface area contributed by atoms with Crippen LogP contribution in [0.3, 0.4) is 0 Å². The molecule has 3 aromatic rings. The smallest absolute Gasteiger partial charge is 0.250 e. The lowest BCUT2D eigenvalue weighted by Gasteiger charge is -2.05. The maximum absolute atomic E-state index is 12.1. The van der Waals surface area contributed by atoms with E-state index in [0.717, 1.165) is 4.85 Å². The predicted octanol–water partition coefficient (Wildman–Crippen LogP) is 1.67. The van der Waals surface area contributed by atoms with Gasteiger partial charge in [0, 0.05) is 0 Å². The molecule has 0 atom stereocenters. The van der Waals surface area contributed by atoms with Crippen molar-refractivity contribution in [3.8, 4) is 11.4 Å². The van der Waals surface area contributed by atoms with Crippen LogP contribution in [-0.2, 0) is 0 Å². The Balaban J connectivity index is 2.25. The molecule has 0 saturated heterocycles. The average Bonchev–Trinajstić information content (AvgIpc) is 2.71. The molecular formula is C13H11N3O2. The fourth-order valence-corrected chi connectivity index (χ4v) is 1.88. The number of aryl methyl sites for hydroxylation is 1. The maximum Gasteiger partial charge on any atom is 0.250 e. The Kier molecular flexibility index (Phi) is 2.19. The Morgan fingerprint density at radius 1 is 1.22 bits per heavy atom. The molecule has 0 aliphatic rings. The van der Waals surface area contributed by atoms with E-state index < -0.39 is 0 Å². The summed E-state index contributed by atoms with van der Waals surface area (Å²) in [6, 6.07) is 12.1. The summed E-state index contributed by atoms with van der Waals surface area (Å²) in [6.07, 6.45) is 0. The van der Waals surface area contributed by atoms with Crippen LogP contribution in [0, 0.1) is 12.1 Å². The molecule has 2 aromatic carbocycles. The van der Waals surface area contributed by atoms with Crippen LogP contribution < -0.4 is 4.85 Å². The number of benzene rings is 2. The first-order valence-corrected chi connectivity index (χ1v) is 5.54. The molecule has 90 valence electrons. The first-order chi connectivity index (χ1) is 8.66. The van der Waals surface area contributed by atoms with E-state index in [1.165, 1.54) is 4.80 Å². The number of phenols is 1. The zero-order valence-corrected chi connectivity index (χ0v) is 9.74. The van der Waals surface area contributed by atoms with Crippen LogP contribution >= 0.6 is 0 Å². The summed E-state index contributed by atoms with van der Waals surface area (Å²) in [7, 11) is 0. The first-order valence-electron chi connectivity index (χ1n) is 5.54. The molecule has 1 aromatic heterocycles. The lowest BCUT2D eigenvalue weighted by Crippen LogP contribution is -2.37. The minimum atomic E-state index is 0.202. The van der Waals surface area contributed by atoms with Crippen LogP contribution in [0.5, 0.6) is 5.75 Å². The average molecular weight is 241 g/mol. The molecule has 1 heterocycles. The van der Waals surface area contributed by atoms with E-state index in [9.17, 15) is 10.3 Å². The summed E-state index contributed by atoms with van der Waals surface area (Å²) < 4.78 is 0. The number of fused-ring (bicyclic) bond motifs is 1. The van der Waals surface area contributed by atoms with Gasteiger partial charge in [0.05, 0.1) is 5.10 Å². The number of aromatic nitrogens is 3. The predicted molar refractivity (Wildman–Crippen MR) is 66.4 cm³/mol. The standard InChI is InChI=1S/C13H11N3O2/c1-9-8-10(6-7-13(9)17)15-14-11-4-2-3-5-12(11)16(15)18/h2-8,17H,1H3. The van der Waals surface area contributed by atoms with Gasteiger partial charge in [-0.25, -0.2) is 0 Å². The summed E-state index contributed by atoms with van der Waals surface area (Å²) in [5, 5.41) is 25.8. The van der Waals surface area contributed by atoms with Crippen LogP contribution in [0.2, 0.25) is 0 Å². The van der Waals surface area contributed by atoms with Crippen LogP contribution in [0.15, 0.2) is 42.5 Å². The van der Waals surface area contributed by atoms with Gasteiger partial charge in [-0.15, -0.1) is 4.85 Å². The van der Waals surface area contributed by atoms with Crippen LogP contribution in [-0.4, -0.2) is 15.0 Å². The van der Waals surface area contributed by atoms with Gasteiger partial charge in [0.15, 0.2) is 0 Å². The lowest BCUT2D eigenvalue weighted by atomic mass is 10.2. The molecule has 0 spiro atoms. The number of phenolic OH excluding ortho intramolecular Hbond substituents is 1. The highest BCUT2D eigenvalue weighted by molar-refractivity contribution is 5.70. The molecule has 0 amide bonds. The van der Waals surface area contributed by atoms with Gasteiger partial charge in [-0.1, -0.05) is 12.1 Å². The molecule has 0 aliphatic heterocycles. The topological polar surface area (TPSA) is 65.0 Å². The third kappa shape index (κ3) is 1.48. The Morgan fingerprint density at radius 2 is 2.00 bits per heavy atom. The van der Waals surface area contributed by atoms with Crippen LogP contribution in [0.4, 0.5) is 0 Å². The van der Waals surface area contributed by atoms with Crippen molar-refractivity contribution in [2.24, 2.45) is 0 Å². The summed E-state index contributed by atoms with van der Waals surface area (Å²) >= 11 is 0. The minimum Gasteiger partial charge on any atom is -0.692 e. The van der Waals surface area contributed by atoms with Crippen molar-refractivity contribution in [2.75, 3.05) is 0 Å². The highest BCUT2D eigenvalue weighted by Crippen LogP contribution is 2.19. The quantitative estimate of drug-likeness (QED) is 0.520. The molecular weight excluding hydrogens is 230 g/mol. The second-order valence-corrected chi connectivity index (χ2v) is 4.12. The molecule has 0 aliphatic carbocycles. The van der Waals surface area contributed by atoms with Crippen LogP contribution in [0.1, 0.15) is 5.56 Å². The van der Waals surface area contributed by atoms with E-state index in [4.69, 9.17) is 0 Å². The number of para-hydroxylation sites is 1. The van der Waals surface area contributed by atoms with Gasteiger partial charge in [0.2, 0.25) is 11.0 Å². The largest absolute Gasteiger partial charge is 0.692 e. The Morgan fingerprint density at radius 3 is 2.72 bits per heavy atom. The summed E-state index contributed by atoms with van der Waals surface area (Å²) in [6.45, 7) is 1.77. The summed E-state index contributed by atoms with van der Waals surface area (Å²) in [4.78, 5) is 2.01. The second-order valence-electron chi connectivity index (χ2n) is 4.12. The second kappa shape index (κ2) is 3.73. The zero-order valence-electron chi connectivity index (χ0n) is 9.74. The summed E-state index contributed by atoms with van der Waals surface area (Å²) in [5.74, 6) is 0.202. The molecule has 0 saturated carbocycles. The third-order valence-electron chi connectivity index (χ3n) is 2.87. The molecule has 1 N–H and O–H groups in total. The van der Waals surface area contributed by atoms with E-state index in [-0.39, 0.29) is 5.75 Å². The van der Waals surface area contributed by atoms with Crippen molar-refractivity contribution in [3.05, 3.63) is 53.2 Å². The number of hydrogen-bond donors (Lipinski definition) is 1. The SMILES string of the molecule is Cc1cc(-n2nc3ccccc3[n+]2[O-])ccc1O. The van der Waals surface area contributed by atoms with Gasteiger partial charge in [0.1, 0.15) is 11.4 Å².